The first kappa shape index (κ1) is 18.4. The highest BCUT2D eigenvalue weighted by atomic mass is 35.5. The fourth-order valence-electron chi connectivity index (χ4n) is 3.51. The maximum Gasteiger partial charge on any atom is 0.255 e. The van der Waals surface area contributed by atoms with Crippen molar-refractivity contribution in [3.63, 3.8) is 0 Å². The van der Waals surface area contributed by atoms with E-state index in [1.165, 1.54) is 12.6 Å². The molecule has 6 nitrogen and oxygen atoms in total. The number of amides is 1. The van der Waals surface area contributed by atoms with Gasteiger partial charge in [-0.15, -0.1) is 0 Å². The van der Waals surface area contributed by atoms with E-state index in [2.05, 4.69) is 4.98 Å². The lowest BCUT2D eigenvalue weighted by Crippen LogP contribution is -2.43. The van der Waals surface area contributed by atoms with Crippen molar-refractivity contribution >= 4 is 17.5 Å². The van der Waals surface area contributed by atoms with Gasteiger partial charge < -0.3 is 19.5 Å². The van der Waals surface area contributed by atoms with E-state index < -0.39 is 0 Å². The molecule has 1 saturated heterocycles. The van der Waals surface area contributed by atoms with Crippen molar-refractivity contribution in [1.29, 1.82) is 0 Å². The number of hydrogen-bond acceptors (Lipinski definition) is 5. The lowest BCUT2D eigenvalue weighted by molar-refractivity contribution is 0.0585. The summed E-state index contributed by atoms with van der Waals surface area (Å²) in [7, 11) is 0. The first-order valence-electron chi connectivity index (χ1n) is 9.01. The average molecular weight is 369 g/mol. The van der Waals surface area contributed by atoms with E-state index in [0.29, 0.717) is 36.2 Å². The van der Waals surface area contributed by atoms with Crippen LogP contribution < -0.4 is 4.74 Å². The van der Waals surface area contributed by atoms with Gasteiger partial charge in [-0.05, 0) is 18.9 Å². The quantitative estimate of drug-likeness (QED) is 0.835. The molecule has 3 rings (SSSR count). The maximum atomic E-state index is 12.9. The number of aliphatic hydroxyl groups is 1. The van der Waals surface area contributed by atoms with Crippen molar-refractivity contribution < 1.29 is 19.4 Å². The van der Waals surface area contributed by atoms with Gasteiger partial charge in [-0.25, -0.2) is 4.98 Å². The highest BCUT2D eigenvalue weighted by molar-refractivity contribution is 6.32. The van der Waals surface area contributed by atoms with E-state index in [9.17, 15) is 9.90 Å². The van der Waals surface area contributed by atoms with Crippen molar-refractivity contribution in [2.24, 2.45) is 0 Å². The number of rotatable bonds is 6. The molecule has 1 N–H and O–H groups in total. The Bertz CT molecular complexity index is 586. The third kappa shape index (κ3) is 4.63. The first-order chi connectivity index (χ1) is 12.2. The molecule has 0 bridgehead atoms. The number of nitrogens with zero attached hydrogens (tertiary/aromatic N) is 2. The van der Waals surface area contributed by atoms with Crippen LogP contribution in [0.5, 0.6) is 5.88 Å². The molecule has 0 radical (unpaired) electrons. The van der Waals surface area contributed by atoms with Crippen LogP contribution in [0.1, 0.15) is 48.9 Å². The lowest BCUT2D eigenvalue weighted by atomic mass is 9.93. The summed E-state index contributed by atoms with van der Waals surface area (Å²) in [5, 5.41) is 9.68. The topological polar surface area (TPSA) is 71.9 Å². The summed E-state index contributed by atoms with van der Waals surface area (Å²) in [6.45, 7) is 1.49. The number of carbonyl (C=O) groups excluding carboxylic acids is 1. The zero-order chi connectivity index (χ0) is 17.6. The Morgan fingerprint density at radius 3 is 2.80 bits per heavy atom. The van der Waals surface area contributed by atoms with Crippen LogP contribution in [0.25, 0.3) is 0 Å². The minimum absolute atomic E-state index is 0.0420. The minimum atomic E-state index is -0.133. The van der Waals surface area contributed by atoms with E-state index >= 15 is 0 Å². The maximum absolute atomic E-state index is 12.9. The largest absolute Gasteiger partial charge is 0.471 e. The van der Waals surface area contributed by atoms with Crippen molar-refractivity contribution in [3.8, 4) is 5.88 Å². The van der Waals surface area contributed by atoms with Gasteiger partial charge >= 0.3 is 0 Å². The summed E-state index contributed by atoms with van der Waals surface area (Å²) in [5.74, 6) is 0.200. The van der Waals surface area contributed by atoms with Gasteiger partial charge in [0.2, 0.25) is 5.88 Å². The molecule has 1 aromatic rings. The van der Waals surface area contributed by atoms with E-state index in [1.54, 1.807) is 11.0 Å². The minimum Gasteiger partial charge on any atom is -0.471 e. The highest BCUT2D eigenvalue weighted by Gasteiger charge is 2.27. The molecule has 0 aromatic carbocycles. The molecule has 2 fully saturated rings. The van der Waals surface area contributed by atoms with Crippen LogP contribution in [0.3, 0.4) is 0 Å². The Kier molecular flexibility index (Phi) is 6.51. The molecule has 1 amide bonds. The second kappa shape index (κ2) is 8.83. The van der Waals surface area contributed by atoms with Crippen molar-refractivity contribution in [1.82, 2.24) is 9.88 Å². The van der Waals surface area contributed by atoms with Gasteiger partial charge in [-0.3, -0.25) is 4.79 Å². The summed E-state index contributed by atoms with van der Waals surface area (Å²) in [4.78, 5) is 18.9. The number of carbonyl (C=O) groups is 1. The normalized spacial score (nSPS) is 21.3. The zero-order valence-electron chi connectivity index (χ0n) is 14.3. The smallest absolute Gasteiger partial charge is 0.255 e. The van der Waals surface area contributed by atoms with Crippen LogP contribution in [-0.4, -0.2) is 59.4 Å². The molecular formula is C18H25ClN2O4. The van der Waals surface area contributed by atoms with E-state index in [0.717, 1.165) is 32.1 Å². The van der Waals surface area contributed by atoms with Crippen LogP contribution in [0, 0.1) is 0 Å². The molecule has 1 aliphatic carbocycles. The molecule has 2 aliphatic rings. The molecule has 25 heavy (non-hydrogen) atoms. The molecule has 0 spiro atoms. The van der Waals surface area contributed by atoms with Crippen molar-refractivity contribution in [2.75, 3.05) is 26.4 Å². The van der Waals surface area contributed by atoms with Gasteiger partial charge in [0, 0.05) is 25.2 Å². The Morgan fingerprint density at radius 2 is 2.16 bits per heavy atom. The first-order valence-corrected chi connectivity index (χ1v) is 9.38. The summed E-state index contributed by atoms with van der Waals surface area (Å²) >= 11 is 6.27. The van der Waals surface area contributed by atoms with E-state index in [4.69, 9.17) is 21.1 Å². The number of hydrogen-bond donors (Lipinski definition) is 1. The van der Waals surface area contributed by atoms with Crippen LogP contribution in [0.2, 0.25) is 5.02 Å². The number of halogens is 1. The Hall–Kier alpha value is -1.37. The van der Waals surface area contributed by atoms with Crippen LogP contribution >= 0.6 is 11.6 Å². The van der Waals surface area contributed by atoms with Crippen molar-refractivity contribution in [3.05, 3.63) is 22.8 Å². The standard InChI is InChI=1S/C18H25ClN2O4/c19-16-10-13(11-20-17(16)25-15-6-9-24-12-15)18(23)21(7-8-22)14-4-2-1-3-5-14/h10-11,14-15,22H,1-9,12H2. The van der Waals surface area contributed by atoms with Gasteiger partial charge in [0.15, 0.2) is 0 Å². The SMILES string of the molecule is O=C(c1cnc(OC2CCOC2)c(Cl)c1)N(CCO)C1CCCCC1. The fraction of sp³-hybridized carbons (Fsp3) is 0.667. The van der Waals surface area contributed by atoms with Crippen LogP contribution in [0.15, 0.2) is 12.3 Å². The number of aliphatic hydroxyl groups excluding tert-OH is 1. The number of ether oxygens (including phenoxy) is 2. The summed E-state index contributed by atoms with van der Waals surface area (Å²) in [6, 6.07) is 1.79. The lowest BCUT2D eigenvalue weighted by Gasteiger charge is -2.34. The molecule has 138 valence electrons. The molecule has 1 saturated carbocycles. The fourth-order valence-corrected chi connectivity index (χ4v) is 3.72. The number of aromatic nitrogens is 1. The summed E-state index contributed by atoms with van der Waals surface area (Å²) < 4.78 is 11.0. The predicted molar refractivity (Wildman–Crippen MR) is 94.1 cm³/mol. The predicted octanol–water partition coefficient (Wildman–Crippen LogP) is 2.67. The second-order valence-corrected chi connectivity index (χ2v) is 7.04. The Balaban J connectivity index is 1.71. The molecule has 2 heterocycles. The van der Waals surface area contributed by atoms with Gasteiger partial charge in [0.05, 0.1) is 25.4 Å². The van der Waals surface area contributed by atoms with Crippen LogP contribution in [0.4, 0.5) is 0 Å². The molecular weight excluding hydrogens is 344 g/mol. The monoisotopic (exact) mass is 368 g/mol. The Labute approximate surface area is 153 Å². The molecule has 7 heteroatoms. The number of pyridine rings is 1. The molecule has 1 atom stereocenters. The summed E-state index contributed by atoms with van der Waals surface area (Å²) in [5.41, 5.74) is 0.430. The van der Waals surface area contributed by atoms with Crippen LogP contribution in [-0.2, 0) is 4.74 Å². The molecule has 1 unspecified atom stereocenters. The molecule has 1 aromatic heterocycles. The van der Waals surface area contributed by atoms with E-state index in [-0.39, 0.29) is 24.7 Å². The van der Waals surface area contributed by atoms with Gasteiger partial charge in [0.25, 0.3) is 5.91 Å². The summed E-state index contributed by atoms with van der Waals surface area (Å²) in [6.07, 6.45) is 7.69. The average Bonchev–Trinajstić information content (AvgIpc) is 3.15. The van der Waals surface area contributed by atoms with Gasteiger partial charge in [-0.2, -0.15) is 0 Å². The van der Waals surface area contributed by atoms with Gasteiger partial charge in [-0.1, -0.05) is 30.9 Å². The van der Waals surface area contributed by atoms with Crippen molar-refractivity contribution in [2.45, 2.75) is 50.7 Å². The molecule has 1 aliphatic heterocycles. The van der Waals surface area contributed by atoms with E-state index in [1.807, 2.05) is 0 Å². The Morgan fingerprint density at radius 1 is 1.36 bits per heavy atom. The third-order valence-corrected chi connectivity index (χ3v) is 5.11. The van der Waals surface area contributed by atoms with Gasteiger partial charge in [0.1, 0.15) is 11.1 Å². The highest BCUT2D eigenvalue weighted by Crippen LogP contribution is 2.28. The third-order valence-electron chi connectivity index (χ3n) is 4.84. The second-order valence-electron chi connectivity index (χ2n) is 6.63. The zero-order valence-corrected chi connectivity index (χ0v) is 15.1.